The summed E-state index contributed by atoms with van der Waals surface area (Å²) in [6, 6.07) is 20.5. The maximum atomic E-state index is 13.7. The number of methoxy groups -OCH3 is 3. The van der Waals surface area contributed by atoms with Gasteiger partial charge in [-0.05, 0) is 92.8 Å². The normalized spacial score (nSPS) is 19.1. The largest absolute Gasteiger partial charge is 0.494 e. The Morgan fingerprint density at radius 2 is 1.66 bits per heavy atom. The van der Waals surface area contributed by atoms with Crippen molar-refractivity contribution >= 4 is 11.7 Å². The zero-order valence-corrected chi connectivity index (χ0v) is 25.8. The summed E-state index contributed by atoms with van der Waals surface area (Å²) in [6.45, 7) is 0.969. The topological polar surface area (TPSA) is 115 Å². The molecular formula is C35H44N2O7. The van der Waals surface area contributed by atoms with E-state index in [0.29, 0.717) is 61.6 Å². The summed E-state index contributed by atoms with van der Waals surface area (Å²) in [5.41, 5.74) is 4.57. The fraction of sp³-hybridized carbons (Fsp3) is 0.429. The number of hydrogen-bond donors (Lipinski definition) is 3. The van der Waals surface area contributed by atoms with Gasteiger partial charge in [0.1, 0.15) is 5.75 Å². The number of carbonyl (C=O) groups excluding carboxylic acids is 2. The minimum Gasteiger partial charge on any atom is -0.494 e. The molecule has 9 heteroatoms. The predicted octanol–water partition coefficient (Wildman–Crippen LogP) is 5.42. The van der Waals surface area contributed by atoms with Gasteiger partial charge in [-0.3, -0.25) is 14.8 Å². The summed E-state index contributed by atoms with van der Waals surface area (Å²) >= 11 is 0. The number of nitrogens with one attached hydrogen (secondary N) is 2. The fourth-order valence-corrected chi connectivity index (χ4v) is 5.93. The number of Topliss-reactive ketones (excluding diaryl/α,β-unsaturated/α-hetero) is 1. The number of amides is 1. The number of rotatable bonds is 10. The smallest absolute Gasteiger partial charge is 0.246 e. The number of hydrogen-bond acceptors (Lipinski definition) is 8. The molecule has 3 atom stereocenters. The lowest BCUT2D eigenvalue weighted by molar-refractivity contribution is -0.135. The number of hydroxylamine groups is 1. The van der Waals surface area contributed by atoms with Crippen LogP contribution in [0.15, 0.2) is 66.7 Å². The van der Waals surface area contributed by atoms with Crippen LogP contribution in [0.4, 0.5) is 0 Å². The average Bonchev–Trinajstić information content (AvgIpc) is 3.08. The van der Waals surface area contributed by atoms with Gasteiger partial charge in [0.15, 0.2) is 17.3 Å². The molecule has 3 N–H and O–H groups in total. The van der Waals surface area contributed by atoms with Crippen LogP contribution < -0.4 is 29.7 Å². The van der Waals surface area contributed by atoms with Crippen molar-refractivity contribution < 1.29 is 33.7 Å². The van der Waals surface area contributed by atoms with Gasteiger partial charge >= 0.3 is 0 Å². The van der Waals surface area contributed by atoms with Crippen molar-refractivity contribution in [1.29, 1.82) is 0 Å². The van der Waals surface area contributed by atoms with Crippen LogP contribution in [0.1, 0.15) is 53.6 Å². The van der Waals surface area contributed by atoms with E-state index in [-0.39, 0.29) is 11.7 Å². The van der Waals surface area contributed by atoms with Crippen LogP contribution in [0.25, 0.3) is 0 Å². The number of fused-ring (bicyclic) bond motifs is 12. The average molecular weight is 605 g/mol. The Balaban J connectivity index is 1.58. The first-order valence-corrected chi connectivity index (χ1v) is 15.2. The molecule has 2 heterocycles. The van der Waals surface area contributed by atoms with Crippen LogP contribution >= 0.6 is 0 Å². The van der Waals surface area contributed by atoms with E-state index in [4.69, 9.17) is 18.9 Å². The Morgan fingerprint density at radius 3 is 2.30 bits per heavy atom. The summed E-state index contributed by atoms with van der Waals surface area (Å²) < 4.78 is 22.4. The van der Waals surface area contributed by atoms with Crippen molar-refractivity contribution in [2.24, 2.45) is 11.8 Å². The lowest BCUT2D eigenvalue weighted by Crippen LogP contribution is -2.44. The van der Waals surface area contributed by atoms with Gasteiger partial charge in [-0.2, -0.15) is 0 Å². The SMILES string of the molecule is COc1cc(CCC[C@H]2CN[C@H](C(=O)c3ccccc3)Cc3ccc(cc3)OCCCC[C@@H]2C(=O)NO)cc(OC)c1OC. The minimum atomic E-state index is -0.496. The third kappa shape index (κ3) is 8.74. The maximum absolute atomic E-state index is 13.7. The first-order valence-electron chi connectivity index (χ1n) is 15.2. The molecule has 236 valence electrons. The zero-order chi connectivity index (χ0) is 31.3. The van der Waals surface area contributed by atoms with Crippen LogP contribution in [0.2, 0.25) is 0 Å². The minimum absolute atomic E-state index is 0.00502. The van der Waals surface area contributed by atoms with Gasteiger partial charge in [0, 0.05) is 11.5 Å². The van der Waals surface area contributed by atoms with E-state index in [1.54, 1.807) is 21.3 Å². The lowest BCUT2D eigenvalue weighted by atomic mass is 9.82. The molecular weight excluding hydrogens is 560 g/mol. The zero-order valence-electron chi connectivity index (χ0n) is 25.8. The van der Waals surface area contributed by atoms with E-state index in [2.05, 4.69) is 5.32 Å². The van der Waals surface area contributed by atoms with Crippen molar-refractivity contribution in [3.05, 3.63) is 83.4 Å². The Hall–Kier alpha value is -4.08. The molecule has 2 bridgehead atoms. The molecule has 0 spiro atoms. The van der Waals surface area contributed by atoms with E-state index < -0.39 is 17.9 Å². The lowest BCUT2D eigenvalue weighted by Gasteiger charge is -2.28. The summed E-state index contributed by atoms with van der Waals surface area (Å²) in [7, 11) is 4.76. The molecule has 0 saturated carbocycles. The highest BCUT2D eigenvalue weighted by molar-refractivity contribution is 6.00. The first kappa shape index (κ1) is 32.8. The Bertz CT molecular complexity index is 1320. The third-order valence-corrected chi connectivity index (χ3v) is 8.32. The molecule has 0 unspecified atom stereocenters. The molecule has 9 nitrogen and oxygen atoms in total. The number of carbonyl (C=O) groups is 2. The van der Waals surface area contributed by atoms with E-state index in [9.17, 15) is 14.8 Å². The van der Waals surface area contributed by atoms with Gasteiger partial charge in [0.05, 0.1) is 34.0 Å². The molecule has 0 radical (unpaired) electrons. The van der Waals surface area contributed by atoms with Crippen molar-refractivity contribution in [3.8, 4) is 23.0 Å². The molecule has 0 aliphatic carbocycles. The second-order valence-corrected chi connectivity index (χ2v) is 11.2. The molecule has 2 aliphatic rings. The maximum Gasteiger partial charge on any atom is 0.246 e. The molecule has 3 aromatic rings. The van der Waals surface area contributed by atoms with Crippen molar-refractivity contribution in [3.63, 3.8) is 0 Å². The fourth-order valence-electron chi connectivity index (χ4n) is 5.93. The Kier molecular flexibility index (Phi) is 12.4. The summed E-state index contributed by atoms with van der Waals surface area (Å²) in [4.78, 5) is 26.7. The van der Waals surface area contributed by atoms with Crippen LogP contribution in [0.3, 0.4) is 0 Å². The van der Waals surface area contributed by atoms with Crippen molar-refractivity contribution in [1.82, 2.24) is 10.8 Å². The quantitative estimate of drug-likeness (QED) is 0.160. The predicted molar refractivity (Wildman–Crippen MR) is 168 cm³/mol. The van der Waals surface area contributed by atoms with Gasteiger partial charge in [-0.15, -0.1) is 0 Å². The van der Waals surface area contributed by atoms with Crippen LogP contribution in [-0.4, -0.2) is 57.4 Å². The molecule has 44 heavy (non-hydrogen) atoms. The molecule has 0 fully saturated rings. The Labute approximate surface area is 259 Å². The molecule has 2 aliphatic heterocycles. The second-order valence-electron chi connectivity index (χ2n) is 11.2. The van der Waals surface area contributed by atoms with Gasteiger partial charge in [0.25, 0.3) is 0 Å². The first-order chi connectivity index (χ1) is 21.5. The van der Waals surface area contributed by atoms with Gasteiger partial charge in [0.2, 0.25) is 11.7 Å². The van der Waals surface area contributed by atoms with Gasteiger partial charge in [-0.1, -0.05) is 42.5 Å². The molecule has 5 rings (SSSR count). The van der Waals surface area contributed by atoms with Crippen LogP contribution in [0, 0.1) is 11.8 Å². The van der Waals surface area contributed by atoms with Crippen molar-refractivity contribution in [2.45, 2.75) is 51.0 Å². The van der Waals surface area contributed by atoms with E-state index >= 15 is 0 Å². The van der Waals surface area contributed by atoms with E-state index in [0.717, 1.165) is 36.1 Å². The van der Waals surface area contributed by atoms with Crippen LogP contribution in [0.5, 0.6) is 23.0 Å². The number of ether oxygens (including phenoxy) is 4. The van der Waals surface area contributed by atoms with Gasteiger partial charge < -0.3 is 24.3 Å². The number of ketones is 1. The summed E-state index contributed by atoms with van der Waals surface area (Å²) in [6.07, 6.45) is 4.78. The highest BCUT2D eigenvalue weighted by atomic mass is 16.5. The summed E-state index contributed by atoms with van der Waals surface area (Å²) in [5, 5.41) is 13.2. The molecule has 1 amide bonds. The van der Waals surface area contributed by atoms with Gasteiger partial charge in [-0.25, -0.2) is 5.48 Å². The van der Waals surface area contributed by atoms with Crippen molar-refractivity contribution in [2.75, 3.05) is 34.5 Å². The second kappa shape index (κ2) is 16.7. The Morgan fingerprint density at radius 1 is 0.955 bits per heavy atom. The van der Waals surface area contributed by atoms with Crippen LogP contribution in [-0.2, 0) is 17.6 Å². The molecule has 0 aromatic heterocycles. The number of benzene rings is 3. The standard InChI is InChI=1S/C35H44N2O7/c1-41-31-21-25(22-32(42-2)34(31)43-3)10-9-13-27-23-36-30(33(38)26-11-5-4-6-12-26)20-24-15-17-28(18-16-24)44-19-8-7-14-29(27)35(39)37-40/h4-6,11-12,15-18,21-22,27,29-30,36,40H,7-10,13-14,19-20,23H2,1-3H3,(H,37,39)/t27-,29-,30-/m0/s1. The highest BCUT2D eigenvalue weighted by Gasteiger charge is 2.30. The number of aryl methyl sites for hydroxylation is 1. The molecule has 0 saturated heterocycles. The highest BCUT2D eigenvalue weighted by Crippen LogP contribution is 2.38. The summed E-state index contributed by atoms with van der Waals surface area (Å²) in [5.74, 6) is 1.50. The van der Waals surface area contributed by atoms with E-state index in [1.807, 2.05) is 72.2 Å². The third-order valence-electron chi connectivity index (χ3n) is 8.32. The van der Waals surface area contributed by atoms with E-state index in [1.165, 1.54) is 0 Å². The molecule has 3 aromatic carbocycles. The monoisotopic (exact) mass is 604 g/mol.